The zero-order valence-electron chi connectivity index (χ0n) is 15.4. The lowest BCUT2D eigenvalue weighted by Crippen LogP contribution is -2.23. The van der Waals surface area contributed by atoms with Gasteiger partial charge < -0.3 is 14.6 Å². The number of nitrogens with zero attached hydrogens (tertiary/aromatic N) is 2. The third kappa shape index (κ3) is 4.63. The Hall–Kier alpha value is -2.82. The van der Waals surface area contributed by atoms with Crippen LogP contribution in [0.2, 0.25) is 0 Å². The third-order valence-electron chi connectivity index (χ3n) is 4.27. The van der Waals surface area contributed by atoms with Crippen LogP contribution < -0.4 is 10.1 Å². The molecular formula is C21H25N3O2. The smallest absolute Gasteiger partial charge is 0.216 e. The number of carbonyl (C=O) groups is 1. The van der Waals surface area contributed by atoms with Crippen molar-refractivity contribution in [2.45, 2.75) is 33.2 Å². The van der Waals surface area contributed by atoms with Gasteiger partial charge in [-0.3, -0.25) is 4.79 Å². The highest BCUT2D eigenvalue weighted by atomic mass is 16.5. The number of hydrogen-bond acceptors (Lipinski definition) is 3. The Balaban J connectivity index is 1.63. The van der Waals surface area contributed by atoms with Crippen molar-refractivity contribution in [3.8, 4) is 5.75 Å². The van der Waals surface area contributed by atoms with Gasteiger partial charge in [0.25, 0.3) is 0 Å². The summed E-state index contributed by atoms with van der Waals surface area (Å²) in [5.41, 5.74) is 3.34. The fourth-order valence-electron chi connectivity index (χ4n) is 2.96. The van der Waals surface area contributed by atoms with E-state index in [1.54, 1.807) is 0 Å². The molecule has 1 aromatic heterocycles. The molecule has 5 heteroatoms. The number of hydrogen-bond donors (Lipinski definition) is 1. The number of carbonyl (C=O) groups excluding carboxylic acids is 1. The Bertz CT molecular complexity index is 869. The number of benzene rings is 2. The van der Waals surface area contributed by atoms with E-state index in [0.29, 0.717) is 19.6 Å². The summed E-state index contributed by atoms with van der Waals surface area (Å²) in [5, 5.41) is 2.84. The van der Waals surface area contributed by atoms with Gasteiger partial charge >= 0.3 is 0 Å². The van der Waals surface area contributed by atoms with Crippen LogP contribution in [0, 0.1) is 6.92 Å². The molecule has 1 heterocycles. The van der Waals surface area contributed by atoms with Crippen LogP contribution in [0.4, 0.5) is 0 Å². The molecule has 1 N–H and O–H groups in total. The van der Waals surface area contributed by atoms with Gasteiger partial charge in [-0.2, -0.15) is 0 Å². The van der Waals surface area contributed by atoms with Crippen LogP contribution in [0.5, 0.6) is 5.75 Å². The Morgan fingerprint density at radius 2 is 1.92 bits per heavy atom. The van der Waals surface area contributed by atoms with Crippen LogP contribution in [-0.4, -0.2) is 28.6 Å². The number of ether oxygens (including phenoxy) is 1. The van der Waals surface area contributed by atoms with Gasteiger partial charge in [-0.25, -0.2) is 4.98 Å². The number of fused-ring (bicyclic) bond motifs is 1. The van der Waals surface area contributed by atoms with E-state index in [-0.39, 0.29) is 5.91 Å². The second kappa shape index (κ2) is 8.52. The monoisotopic (exact) mass is 351 g/mol. The quantitative estimate of drug-likeness (QED) is 0.632. The Morgan fingerprint density at radius 1 is 1.15 bits per heavy atom. The molecule has 0 aliphatic rings. The van der Waals surface area contributed by atoms with Gasteiger partial charge in [0.1, 0.15) is 11.6 Å². The summed E-state index contributed by atoms with van der Waals surface area (Å²) < 4.78 is 8.06. The summed E-state index contributed by atoms with van der Waals surface area (Å²) in [6.45, 7) is 5.68. The van der Waals surface area contributed by atoms with Gasteiger partial charge in [-0.1, -0.05) is 29.8 Å². The van der Waals surface area contributed by atoms with Gasteiger partial charge in [-0.05, 0) is 37.6 Å². The predicted molar refractivity (Wildman–Crippen MR) is 103 cm³/mol. The SMILES string of the molecule is CC(=O)NCCc1nc2ccccc2n1CCCOc1ccc(C)cc1. The van der Waals surface area contributed by atoms with Gasteiger partial charge in [0.15, 0.2) is 0 Å². The molecule has 1 amide bonds. The average molecular weight is 351 g/mol. The van der Waals surface area contributed by atoms with E-state index < -0.39 is 0 Å². The third-order valence-corrected chi connectivity index (χ3v) is 4.27. The molecule has 0 atom stereocenters. The lowest BCUT2D eigenvalue weighted by Gasteiger charge is -2.11. The van der Waals surface area contributed by atoms with Crippen LogP contribution in [0.1, 0.15) is 24.7 Å². The van der Waals surface area contributed by atoms with Crippen LogP contribution in [0.25, 0.3) is 11.0 Å². The molecule has 0 saturated heterocycles. The topological polar surface area (TPSA) is 56.2 Å². The van der Waals surface area contributed by atoms with Crippen molar-refractivity contribution in [3.05, 3.63) is 59.9 Å². The summed E-state index contributed by atoms with van der Waals surface area (Å²) in [7, 11) is 0. The molecule has 2 aromatic carbocycles. The molecule has 0 bridgehead atoms. The van der Waals surface area contributed by atoms with Gasteiger partial charge in [-0.15, -0.1) is 0 Å². The van der Waals surface area contributed by atoms with Gasteiger partial charge in [0.2, 0.25) is 5.91 Å². The molecule has 0 aliphatic heterocycles. The molecule has 3 aromatic rings. The number of para-hydroxylation sites is 2. The molecular weight excluding hydrogens is 326 g/mol. The van der Waals surface area contributed by atoms with Crippen LogP contribution in [-0.2, 0) is 17.8 Å². The lowest BCUT2D eigenvalue weighted by molar-refractivity contribution is -0.118. The van der Waals surface area contributed by atoms with E-state index in [0.717, 1.165) is 35.6 Å². The largest absolute Gasteiger partial charge is 0.494 e. The maximum absolute atomic E-state index is 11.1. The van der Waals surface area contributed by atoms with Crippen molar-refractivity contribution >= 4 is 16.9 Å². The Labute approximate surface area is 154 Å². The van der Waals surface area contributed by atoms with Crippen LogP contribution in [0.15, 0.2) is 48.5 Å². The molecule has 0 spiro atoms. The van der Waals surface area contributed by atoms with E-state index in [4.69, 9.17) is 9.72 Å². The van der Waals surface area contributed by atoms with Crippen molar-refractivity contribution in [1.29, 1.82) is 0 Å². The highest BCUT2D eigenvalue weighted by molar-refractivity contribution is 5.76. The minimum absolute atomic E-state index is 0.0147. The molecule has 0 unspecified atom stereocenters. The van der Waals surface area contributed by atoms with Crippen molar-refractivity contribution in [2.75, 3.05) is 13.2 Å². The normalized spacial score (nSPS) is 10.8. The molecule has 0 radical (unpaired) electrons. The molecule has 0 aliphatic carbocycles. The molecule has 0 saturated carbocycles. The lowest BCUT2D eigenvalue weighted by atomic mass is 10.2. The van der Waals surface area contributed by atoms with E-state index in [2.05, 4.69) is 35.0 Å². The highest BCUT2D eigenvalue weighted by Crippen LogP contribution is 2.17. The van der Waals surface area contributed by atoms with Crippen molar-refractivity contribution in [2.24, 2.45) is 0 Å². The highest BCUT2D eigenvalue weighted by Gasteiger charge is 2.10. The number of nitrogens with one attached hydrogen (secondary N) is 1. The summed E-state index contributed by atoms with van der Waals surface area (Å²) in [6.07, 6.45) is 1.61. The maximum atomic E-state index is 11.1. The van der Waals surface area contributed by atoms with Crippen molar-refractivity contribution in [1.82, 2.24) is 14.9 Å². The minimum Gasteiger partial charge on any atom is -0.494 e. The predicted octanol–water partition coefficient (Wildman–Crippen LogP) is 3.49. The summed E-state index contributed by atoms with van der Waals surface area (Å²) in [6, 6.07) is 16.2. The Morgan fingerprint density at radius 3 is 2.69 bits per heavy atom. The van der Waals surface area contributed by atoms with E-state index in [9.17, 15) is 4.79 Å². The number of amides is 1. The van der Waals surface area contributed by atoms with Crippen molar-refractivity contribution < 1.29 is 9.53 Å². The maximum Gasteiger partial charge on any atom is 0.216 e. The fourth-order valence-corrected chi connectivity index (χ4v) is 2.96. The number of aromatic nitrogens is 2. The van der Waals surface area contributed by atoms with E-state index in [1.807, 2.05) is 30.3 Å². The first-order valence-corrected chi connectivity index (χ1v) is 9.01. The zero-order chi connectivity index (χ0) is 18.4. The first-order chi connectivity index (χ1) is 12.6. The first kappa shape index (κ1) is 18.0. The first-order valence-electron chi connectivity index (χ1n) is 9.01. The second-order valence-electron chi connectivity index (χ2n) is 6.42. The minimum atomic E-state index is -0.0147. The standard InChI is InChI=1S/C21H25N3O2/c1-16-8-10-18(11-9-16)26-15-5-14-24-20-7-4-3-6-19(20)23-21(24)12-13-22-17(2)25/h3-4,6-11H,5,12-15H2,1-2H3,(H,22,25). The van der Waals surface area contributed by atoms with Gasteiger partial charge in [0, 0.05) is 26.4 Å². The number of imidazole rings is 1. The molecule has 3 rings (SSSR count). The summed E-state index contributed by atoms with van der Waals surface area (Å²) >= 11 is 0. The average Bonchev–Trinajstić information content (AvgIpc) is 2.97. The van der Waals surface area contributed by atoms with Crippen molar-refractivity contribution in [3.63, 3.8) is 0 Å². The molecule has 136 valence electrons. The Kier molecular flexibility index (Phi) is 5.89. The van der Waals surface area contributed by atoms with Gasteiger partial charge in [0.05, 0.1) is 17.6 Å². The van der Waals surface area contributed by atoms with E-state index >= 15 is 0 Å². The molecule has 5 nitrogen and oxygen atoms in total. The second-order valence-corrected chi connectivity index (χ2v) is 6.42. The number of rotatable bonds is 8. The molecule has 0 fully saturated rings. The summed E-state index contributed by atoms with van der Waals surface area (Å²) in [4.78, 5) is 15.8. The van der Waals surface area contributed by atoms with E-state index in [1.165, 1.54) is 12.5 Å². The molecule has 26 heavy (non-hydrogen) atoms. The summed E-state index contributed by atoms with van der Waals surface area (Å²) in [5.74, 6) is 1.88. The number of aryl methyl sites for hydroxylation is 2. The zero-order valence-corrected chi connectivity index (χ0v) is 15.4. The van der Waals surface area contributed by atoms with Crippen LogP contribution >= 0.6 is 0 Å². The van der Waals surface area contributed by atoms with Crippen LogP contribution in [0.3, 0.4) is 0 Å². The fraction of sp³-hybridized carbons (Fsp3) is 0.333.